The molecule has 4 heteroatoms. The third kappa shape index (κ3) is 7.14. The second-order valence-electron chi connectivity index (χ2n) is 5.39. The molecule has 0 unspecified atom stereocenters. The largest absolute Gasteiger partial charge is 0.494 e. The number of rotatable bonds is 9. The molecule has 0 N–H and O–H groups in total. The molecule has 0 amide bonds. The van der Waals surface area contributed by atoms with Crippen LogP contribution in [0.1, 0.15) is 32.8 Å². The lowest BCUT2D eigenvalue weighted by atomic mass is 10.2. The van der Waals surface area contributed by atoms with Gasteiger partial charge in [-0.05, 0) is 51.8 Å². The van der Waals surface area contributed by atoms with Crippen molar-refractivity contribution < 1.29 is 14.3 Å². The van der Waals surface area contributed by atoms with Crippen LogP contribution in [0.25, 0.3) is 0 Å². The van der Waals surface area contributed by atoms with Crippen LogP contribution in [0, 0.1) is 6.92 Å². The Morgan fingerprint density at radius 1 is 1.33 bits per heavy atom. The van der Waals surface area contributed by atoms with Crippen molar-refractivity contribution in [1.29, 1.82) is 0 Å². The third-order valence-electron chi connectivity index (χ3n) is 3.22. The lowest BCUT2D eigenvalue weighted by Gasteiger charge is -2.25. The molecule has 0 atom stereocenters. The van der Waals surface area contributed by atoms with Crippen molar-refractivity contribution in [2.24, 2.45) is 0 Å². The molecule has 0 saturated carbocycles. The van der Waals surface area contributed by atoms with Crippen molar-refractivity contribution in [3.8, 4) is 5.75 Å². The van der Waals surface area contributed by atoms with Crippen LogP contribution < -0.4 is 4.74 Å². The van der Waals surface area contributed by atoms with E-state index in [1.54, 1.807) is 0 Å². The maximum Gasteiger partial charge on any atom is 0.320 e. The lowest BCUT2D eigenvalue weighted by Crippen LogP contribution is -2.37. The van der Waals surface area contributed by atoms with Gasteiger partial charge in [-0.2, -0.15) is 0 Å². The normalized spacial score (nSPS) is 11.0. The predicted octanol–water partition coefficient (Wildman–Crippen LogP) is 3.04. The highest BCUT2D eigenvalue weighted by Gasteiger charge is 2.14. The maximum atomic E-state index is 11.6. The highest BCUT2D eigenvalue weighted by Crippen LogP contribution is 2.12. The smallest absolute Gasteiger partial charge is 0.320 e. The van der Waals surface area contributed by atoms with E-state index in [9.17, 15) is 4.79 Å². The average Bonchev–Trinajstić information content (AvgIpc) is 2.42. The fourth-order valence-corrected chi connectivity index (χ4v) is 2.06. The molecule has 118 valence electrons. The molecule has 0 aliphatic carbocycles. The van der Waals surface area contributed by atoms with Crippen LogP contribution in [0.2, 0.25) is 0 Å². The van der Waals surface area contributed by atoms with E-state index in [1.165, 1.54) is 5.56 Å². The van der Waals surface area contributed by atoms with Crippen LogP contribution in [0.3, 0.4) is 0 Å². The summed E-state index contributed by atoms with van der Waals surface area (Å²) in [6.45, 7) is 10.3. The van der Waals surface area contributed by atoms with Gasteiger partial charge < -0.3 is 9.47 Å². The lowest BCUT2D eigenvalue weighted by molar-refractivity contribution is -0.144. The molecule has 0 aliphatic rings. The van der Waals surface area contributed by atoms with Crippen molar-refractivity contribution in [3.63, 3.8) is 0 Å². The Balaban J connectivity index is 2.32. The van der Waals surface area contributed by atoms with E-state index in [2.05, 4.69) is 18.7 Å². The summed E-state index contributed by atoms with van der Waals surface area (Å²) in [6, 6.07) is 8.34. The molecule has 1 aromatic rings. The maximum absolute atomic E-state index is 11.6. The highest BCUT2D eigenvalue weighted by molar-refractivity contribution is 5.71. The molecule has 0 fully saturated rings. The van der Waals surface area contributed by atoms with Crippen molar-refractivity contribution >= 4 is 5.97 Å². The first-order valence-corrected chi connectivity index (χ1v) is 7.62. The second-order valence-corrected chi connectivity index (χ2v) is 5.39. The standard InChI is InChI=1S/C17H27NO3/c1-5-20-17(19)13-18(14(2)3)10-7-11-21-16-9-6-8-15(4)12-16/h6,8-9,12,14H,5,7,10-11,13H2,1-4H3. The molecule has 21 heavy (non-hydrogen) atoms. The quantitative estimate of drug-likeness (QED) is 0.518. The summed E-state index contributed by atoms with van der Waals surface area (Å²) in [4.78, 5) is 13.7. The molecule has 0 heterocycles. The molecule has 0 saturated heterocycles. The first-order chi connectivity index (χ1) is 10.0. The van der Waals surface area contributed by atoms with E-state index in [0.29, 0.717) is 25.8 Å². The minimum atomic E-state index is -0.161. The van der Waals surface area contributed by atoms with Crippen molar-refractivity contribution in [1.82, 2.24) is 4.90 Å². The zero-order chi connectivity index (χ0) is 15.7. The molecular formula is C17H27NO3. The Morgan fingerprint density at radius 3 is 2.71 bits per heavy atom. The summed E-state index contributed by atoms with van der Waals surface area (Å²) in [5.74, 6) is 0.738. The van der Waals surface area contributed by atoms with E-state index in [0.717, 1.165) is 18.7 Å². The van der Waals surface area contributed by atoms with Crippen LogP contribution in [0.4, 0.5) is 0 Å². The number of aryl methyl sites for hydroxylation is 1. The molecular weight excluding hydrogens is 266 g/mol. The van der Waals surface area contributed by atoms with Crippen molar-refractivity contribution in [2.75, 3.05) is 26.3 Å². The fourth-order valence-electron chi connectivity index (χ4n) is 2.06. The number of hydrogen-bond acceptors (Lipinski definition) is 4. The number of nitrogens with zero attached hydrogens (tertiary/aromatic N) is 1. The van der Waals surface area contributed by atoms with Crippen LogP contribution in [-0.2, 0) is 9.53 Å². The average molecular weight is 293 g/mol. The van der Waals surface area contributed by atoms with E-state index >= 15 is 0 Å². The summed E-state index contributed by atoms with van der Waals surface area (Å²) in [7, 11) is 0. The molecule has 0 bridgehead atoms. The molecule has 0 radical (unpaired) electrons. The summed E-state index contributed by atoms with van der Waals surface area (Å²) in [5.41, 5.74) is 1.19. The predicted molar refractivity (Wildman–Crippen MR) is 84.6 cm³/mol. The van der Waals surface area contributed by atoms with Gasteiger partial charge in [0.15, 0.2) is 0 Å². The SMILES string of the molecule is CCOC(=O)CN(CCCOc1cccc(C)c1)C(C)C. The van der Waals surface area contributed by atoms with E-state index in [-0.39, 0.29) is 5.97 Å². The minimum absolute atomic E-state index is 0.161. The molecule has 0 spiro atoms. The van der Waals surface area contributed by atoms with Gasteiger partial charge >= 0.3 is 5.97 Å². The van der Waals surface area contributed by atoms with E-state index in [4.69, 9.17) is 9.47 Å². The number of carbonyl (C=O) groups excluding carboxylic acids is 1. The number of esters is 1. The van der Waals surface area contributed by atoms with Gasteiger partial charge in [0.2, 0.25) is 0 Å². The molecule has 4 nitrogen and oxygen atoms in total. The van der Waals surface area contributed by atoms with Gasteiger partial charge in [0.05, 0.1) is 19.8 Å². The Bertz CT molecular complexity index is 432. The Morgan fingerprint density at radius 2 is 2.10 bits per heavy atom. The van der Waals surface area contributed by atoms with Crippen LogP contribution in [0.15, 0.2) is 24.3 Å². The highest BCUT2D eigenvalue weighted by atomic mass is 16.5. The van der Waals surface area contributed by atoms with Gasteiger partial charge in [-0.1, -0.05) is 12.1 Å². The number of benzene rings is 1. The number of hydrogen-bond donors (Lipinski definition) is 0. The van der Waals surface area contributed by atoms with Gasteiger partial charge in [-0.15, -0.1) is 0 Å². The van der Waals surface area contributed by atoms with E-state index < -0.39 is 0 Å². The monoisotopic (exact) mass is 293 g/mol. The summed E-state index contributed by atoms with van der Waals surface area (Å²) in [5, 5.41) is 0. The van der Waals surface area contributed by atoms with Gasteiger partial charge in [-0.25, -0.2) is 0 Å². The van der Waals surface area contributed by atoms with Crippen molar-refractivity contribution in [3.05, 3.63) is 29.8 Å². The second kappa shape index (κ2) is 9.40. The molecule has 0 aliphatic heterocycles. The molecule has 0 aromatic heterocycles. The van der Waals surface area contributed by atoms with Crippen molar-refractivity contribution in [2.45, 2.75) is 40.2 Å². The van der Waals surface area contributed by atoms with Crippen LogP contribution in [0.5, 0.6) is 5.75 Å². The van der Waals surface area contributed by atoms with Crippen LogP contribution >= 0.6 is 0 Å². The third-order valence-corrected chi connectivity index (χ3v) is 3.22. The Kier molecular flexibility index (Phi) is 7.83. The van der Waals surface area contributed by atoms with Crippen LogP contribution in [-0.4, -0.2) is 43.2 Å². The first kappa shape index (κ1) is 17.5. The Labute approximate surface area is 128 Å². The number of ether oxygens (including phenoxy) is 2. The fraction of sp³-hybridized carbons (Fsp3) is 0.588. The summed E-state index contributed by atoms with van der Waals surface area (Å²) >= 11 is 0. The van der Waals surface area contributed by atoms with Gasteiger partial charge in [0.1, 0.15) is 5.75 Å². The molecule has 1 aromatic carbocycles. The zero-order valence-corrected chi connectivity index (χ0v) is 13.6. The topological polar surface area (TPSA) is 38.8 Å². The zero-order valence-electron chi connectivity index (χ0n) is 13.6. The van der Waals surface area contributed by atoms with Gasteiger partial charge in [0.25, 0.3) is 0 Å². The van der Waals surface area contributed by atoms with E-state index in [1.807, 2.05) is 38.1 Å². The summed E-state index contributed by atoms with van der Waals surface area (Å²) < 4.78 is 10.7. The van der Waals surface area contributed by atoms with Gasteiger partial charge in [-0.3, -0.25) is 9.69 Å². The minimum Gasteiger partial charge on any atom is -0.494 e. The Hall–Kier alpha value is -1.55. The summed E-state index contributed by atoms with van der Waals surface area (Å²) in [6.07, 6.45) is 0.880. The number of carbonyl (C=O) groups is 1. The van der Waals surface area contributed by atoms with Gasteiger partial charge in [0, 0.05) is 12.6 Å². The first-order valence-electron chi connectivity index (χ1n) is 7.62. The molecule has 1 rings (SSSR count).